The van der Waals surface area contributed by atoms with Crippen LogP contribution < -0.4 is 10.1 Å². The van der Waals surface area contributed by atoms with Crippen molar-refractivity contribution in [2.24, 2.45) is 5.92 Å². The second-order valence-electron chi connectivity index (χ2n) is 5.89. The summed E-state index contributed by atoms with van der Waals surface area (Å²) in [7, 11) is 1.68. The maximum absolute atomic E-state index is 12.0. The Bertz CT molecular complexity index is 462. The lowest BCUT2D eigenvalue weighted by Crippen LogP contribution is -2.42. The number of nitrogens with zero attached hydrogens (tertiary/aromatic N) is 1. The minimum Gasteiger partial charge on any atom is -0.496 e. The quantitative estimate of drug-likeness (QED) is 0.872. The third-order valence-corrected chi connectivity index (χ3v) is 4.02. The van der Waals surface area contributed by atoms with Gasteiger partial charge in [0.15, 0.2) is 0 Å². The van der Waals surface area contributed by atoms with E-state index in [2.05, 4.69) is 17.1 Å². The van der Waals surface area contributed by atoms with Gasteiger partial charge in [0, 0.05) is 13.1 Å². The van der Waals surface area contributed by atoms with Crippen LogP contribution in [0.3, 0.4) is 0 Å². The number of ether oxygens (including phenoxy) is 1. The Labute approximate surface area is 127 Å². The van der Waals surface area contributed by atoms with Crippen LogP contribution in [0.25, 0.3) is 0 Å². The first-order valence-corrected chi connectivity index (χ1v) is 7.80. The van der Waals surface area contributed by atoms with E-state index in [1.54, 1.807) is 7.11 Å². The van der Waals surface area contributed by atoms with Gasteiger partial charge in [0.1, 0.15) is 5.75 Å². The molecule has 1 aliphatic heterocycles. The van der Waals surface area contributed by atoms with Crippen LogP contribution in [0.4, 0.5) is 0 Å². The lowest BCUT2D eigenvalue weighted by molar-refractivity contribution is -0.122. The van der Waals surface area contributed by atoms with Gasteiger partial charge in [-0.15, -0.1) is 0 Å². The Balaban J connectivity index is 1.71. The van der Waals surface area contributed by atoms with E-state index in [9.17, 15) is 4.79 Å². The SMILES string of the molecule is COc1ccccc1CCNC(=O)CN1CCC[C@@H](C)C1. The zero-order chi connectivity index (χ0) is 15.1. The zero-order valence-corrected chi connectivity index (χ0v) is 13.1. The van der Waals surface area contributed by atoms with E-state index in [1.165, 1.54) is 12.8 Å². The molecular weight excluding hydrogens is 264 g/mol. The summed E-state index contributed by atoms with van der Waals surface area (Å²) in [4.78, 5) is 14.2. The molecule has 4 nitrogen and oxygen atoms in total. The predicted octanol–water partition coefficient (Wildman–Crippen LogP) is 2.09. The molecule has 1 aliphatic rings. The van der Waals surface area contributed by atoms with E-state index in [4.69, 9.17) is 4.74 Å². The molecule has 1 saturated heterocycles. The van der Waals surface area contributed by atoms with Crippen LogP contribution in [0.2, 0.25) is 0 Å². The van der Waals surface area contributed by atoms with E-state index in [-0.39, 0.29) is 5.91 Å². The first-order chi connectivity index (χ1) is 10.2. The Morgan fingerprint density at radius 2 is 2.24 bits per heavy atom. The highest BCUT2D eigenvalue weighted by Gasteiger charge is 2.18. The van der Waals surface area contributed by atoms with E-state index < -0.39 is 0 Å². The number of hydrogen-bond donors (Lipinski definition) is 1. The Morgan fingerprint density at radius 3 is 3.00 bits per heavy atom. The smallest absolute Gasteiger partial charge is 0.234 e. The highest BCUT2D eigenvalue weighted by molar-refractivity contribution is 5.78. The molecule has 0 unspecified atom stereocenters. The molecule has 0 aliphatic carbocycles. The molecule has 0 radical (unpaired) electrons. The normalized spacial score (nSPS) is 19.2. The number of methoxy groups -OCH3 is 1. The molecule has 1 heterocycles. The number of carbonyl (C=O) groups excluding carboxylic acids is 1. The topological polar surface area (TPSA) is 41.6 Å². The van der Waals surface area contributed by atoms with Crippen molar-refractivity contribution in [3.63, 3.8) is 0 Å². The monoisotopic (exact) mass is 290 g/mol. The van der Waals surface area contributed by atoms with E-state index >= 15 is 0 Å². The number of carbonyl (C=O) groups is 1. The summed E-state index contributed by atoms with van der Waals surface area (Å²) < 4.78 is 5.32. The second-order valence-corrected chi connectivity index (χ2v) is 5.89. The van der Waals surface area contributed by atoms with Gasteiger partial charge in [-0.05, 0) is 43.4 Å². The second kappa shape index (κ2) is 8.03. The number of hydrogen-bond acceptors (Lipinski definition) is 3. The molecule has 1 N–H and O–H groups in total. The van der Waals surface area contributed by atoms with Crippen LogP contribution in [0.5, 0.6) is 5.75 Å². The number of para-hydroxylation sites is 1. The minimum atomic E-state index is 0.124. The first-order valence-electron chi connectivity index (χ1n) is 7.80. The standard InChI is InChI=1S/C17H26N2O2/c1-14-6-5-11-19(12-14)13-17(20)18-10-9-15-7-3-4-8-16(15)21-2/h3-4,7-8,14H,5-6,9-13H2,1-2H3,(H,18,20)/t14-/m1/s1. The third kappa shape index (κ3) is 5.05. The highest BCUT2D eigenvalue weighted by Crippen LogP contribution is 2.17. The number of likely N-dealkylation sites (tertiary alicyclic amines) is 1. The average molecular weight is 290 g/mol. The first kappa shape index (κ1) is 15.8. The summed E-state index contributed by atoms with van der Waals surface area (Å²) in [5.74, 6) is 1.72. The van der Waals surface area contributed by atoms with E-state index in [0.717, 1.165) is 30.8 Å². The van der Waals surface area contributed by atoms with Crippen LogP contribution >= 0.6 is 0 Å². The number of benzene rings is 1. The van der Waals surface area contributed by atoms with Crippen molar-refractivity contribution in [3.05, 3.63) is 29.8 Å². The number of nitrogens with one attached hydrogen (secondary N) is 1. The number of rotatable bonds is 6. The summed E-state index contributed by atoms with van der Waals surface area (Å²) in [5.41, 5.74) is 1.13. The summed E-state index contributed by atoms with van der Waals surface area (Å²) in [6.45, 7) is 5.52. The van der Waals surface area contributed by atoms with Gasteiger partial charge in [0.05, 0.1) is 13.7 Å². The van der Waals surface area contributed by atoms with Crippen molar-refractivity contribution in [1.29, 1.82) is 0 Å². The molecule has 1 amide bonds. The molecule has 1 aromatic rings. The number of piperidine rings is 1. The van der Waals surface area contributed by atoms with Crippen LogP contribution in [0, 0.1) is 5.92 Å². The third-order valence-electron chi connectivity index (χ3n) is 4.02. The van der Waals surface area contributed by atoms with Gasteiger partial charge in [-0.2, -0.15) is 0 Å². The van der Waals surface area contributed by atoms with Gasteiger partial charge in [0.25, 0.3) is 0 Å². The van der Waals surface area contributed by atoms with Crippen LogP contribution in [-0.2, 0) is 11.2 Å². The molecule has 4 heteroatoms. The van der Waals surface area contributed by atoms with Crippen molar-refractivity contribution >= 4 is 5.91 Å². The summed E-state index contributed by atoms with van der Waals surface area (Å²) in [6, 6.07) is 7.94. The molecular formula is C17H26N2O2. The molecule has 0 bridgehead atoms. The largest absolute Gasteiger partial charge is 0.496 e. The maximum Gasteiger partial charge on any atom is 0.234 e. The lowest BCUT2D eigenvalue weighted by atomic mass is 10.0. The van der Waals surface area contributed by atoms with Crippen molar-refractivity contribution in [1.82, 2.24) is 10.2 Å². The summed E-state index contributed by atoms with van der Waals surface area (Å²) >= 11 is 0. The van der Waals surface area contributed by atoms with Gasteiger partial charge < -0.3 is 10.1 Å². The number of amides is 1. The molecule has 2 rings (SSSR count). The molecule has 21 heavy (non-hydrogen) atoms. The van der Waals surface area contributed by atoms with Crippen molar-refractivity contribution in [2.45, 2.75) is 26.2 Å². The fourth-order valence-electron chi connectivity index (χ4n) is 2.94. The van der Waals surface area contributed by atoms with Crippen LogP contribution in [0.15, 0.2) is 24.3 Å². The van der Waals surface area contributed by atoms with E-state index in [0.29, 0.717) is 19.0 Å². The Kier molecular flexibility index (Phi) is 6.05. The van der Waals surface area contributed by atoms with Gasteiger partial charge in [-0.25, -0.2) is 0 Å². The van der Waals surface area contributed by atoms with Gasteiger partial charge in [-0.1, -0.05) is 25.1 Å². The van der Waals surface area contributed by atoms with E-state index in [1.807, 2.05) is 24.3 Å². The fraction of sp³-hybridized carbons (Fsp3) is 0.588. The lowest BCUT2D eigenvalue weighted by Gasteiger charge is -2.30. The summed E-state index contributed by atoms with van der Waals surface area (Å²) in [6.07, 6.45) is 3.29. The fourth-order valence-corrected chi connectivity index (χ4v) is 2.94. The molecule has 0 saturated carbocycles. The molecule has 0 aromatic heterocycles. The van der Waals surface area contributed by atoms with Gasteiger partial charge in [-0.3, -0.25) is 9.69 Å². The predicted molar refractivity (Wildman–Crippen MR) is 84.5 cm³/mol. The average Bonchev–Trinajstić information content (AvgIpc) is 2.47. The molecule has 0 spiro atoms. The molecule has 1 fully saturated rings. The maximum atomic E-state index is 12.0. The molecule has 1 atom stereocenters. The zero-order valence-electron chi connectivity index (χ0n) is 13.1. The molecule has 116 valence electrons. The highest BCUT2D eigenvalue weighted by atomic mass is 16.5. The van der Waals surface area contributed by atoms with Crippen molar-refractivity contribution in [2.75, 3.05) is 33.3 Å². The van der Waals surface area contributed by atoms with Crippen molar-refractivity contribution in [3.8, 4) is 5.75 Å². The molecule has 1 aromatic carbocycles. The van der Waals surface area contributed by atoms with Crippen molar-refractivity contribution < 1.29 is 9.53 Å². The minimum absolute atomic E-state index is 0.124. The summed E-state index contributed by atoms with van der Waals surface area (Å²) in [5, 5.41) is 3.01. The van der Waals surface area contributed by atoms with Crippen LogP contribution in [-0.4, -0.2) is 44.1 Å². The van der Waals surface area contributed by atoms with Gasteiger partial charge >= 0.3 is 0 Å². The Morgan fingerprint density at radius 1 is 1.43 bits per heavy atom. The van der Waals surface area contributed by atoms with Crippen LogP contribution in [0.1, 0.15) is 25.3 Å². The van der Waals surface area contributed by atoms with Gasteiger partial charge in [0.2, 0.25) is 5.91 Å². The Hall–Kier alpha value is -1.55.